The van der Waals surface area contributed by atoms with Gasteiger partial charge < -0.3 is 20.1 Å². The zero-order chi connectivity index (χ0) is 21.2. The van der Waals surface area contributed by atoms with Crippen molar-refractivity contribution in [3.05, 3.63) is 23.8 Å². The lowest BCUT2D eigenvalue weighted by Crippen LogP contribution is -2.50. The van der Waals surface area contributed by atoms with Crippen LogP contribution in [0.5, 0.6) is 11.5 Å². The summed E-state index contributed by atoms with van der Waals surface area (Å²) in [6, 6.07) is 5.22. The topological polar surface area (TPSA) is 76.7 Å². The molecule has 0 bridgehead atoms. The molecule has 0 radical (unpaired) electrons. The molecule has 1 atom stereocenters. The Morgan fingerprint density at radius 2 is 1.79 bits per heavy atom. The van der Waals surface area contributed by atoms with Crippen LogP contribution in [0, 0.1) is 11.8 Å². The molecule has 6 nitrogen and oxygen atoms in total. The molecule has 1 saturated carbocycles. The van der Waals surface area contributed by atoms with Crippen LogP contribution in [0.25, 0.3) is 0 Å². The van der Waals surface area contributed by atoms with Crippen LogP contribution >= 0.6 is 0 Å². The molecule has 1 aromatic carbocycles. The van der Waals surface area contributed by atoms with Crippen molar-refractivity contribution in [2.45, 2.75) is 64.8 Å². The number of carbonyl (C=O) groups is 2. The first-order valence-electron chi connectivity index (χ1n) is 10.7. The number of nitrogens with one attached hydrogen (secondary N) is 2. The Hall–Kier alpha value is -2.24. The van der Waals surface area contributed by atoms with Crippen molar-refractivity contribution in [3.63, 3.8) is 0 Å². The number of hydrogen-bond donors (Lipinski definition) is 2. The summed E-state index contributed by atoms with van der Waals surface area (Å²) in [6.07, 6.45) is 7.14. The fourth-order valence-electron chi connectivity index (χ4n) is 3.89. The molecule has 1 aliphatic rings. The average Bonchev–Trinajstić information content (AvgIpc) is 3.23. The molecule has 0 aliphatic heterocycles. The molecule has 6 heteroatoms. The molecule has 1 fully saturated rings. The van der Waals surface area contributed by atoms with Gasteiger partial charge >= 0.3 is 0 Å². The number of benzene rings is 1. The van der Waals surface area contributed by atoms with E-state index >= 15 is 0 Å². The van der Waals surface area contributed by atoms with Gasteiger partial charge in [-0.3, -0.25) is 9.59 Å². The number of hydrogen-bond acceptors (Lipinski definition) is 4. The summed E-state index contributed by atoms with van der Waals surface area (Å²) in [7, 11) is 3.21. The van der Waals surface area contributed by atoms with Gasteiger partial charge in [0.25, 0.3) is 0 Å². The number of carbonyl (C=O) groups excluding carboxylic acids is 2. The van der Waals surface area contributed by atoms with Crippen LogP contribution in [0.15, 0.2) is 18.2 Å². The Labute approximate surface area is 174 Å². The average molecular weight is 405 g/mol. The molecular formula is C23H36N2O4. The molecule has 0 spiro atoms. The van der Waals surface area contributed by atoms with Gasteiger partial charge in [0.1, 0.15) is 6.04 Å². The molecule has 162 valence electrons. The number of methoxy groups -OCH3 is 2. The summed E-state index contributed by atoms with van der Waals surface area (Å²) in [5, 5.41) is 5.89. The van der Waals surface area contributed by atoms with Gasteiger partial charge in [0, 0.05) is 13.0 Å². The molecule has 1 aliphatic carbocycles. The van der Waals surface area contributed by atoms with Gasteiger partial charge in [0.15, 0.2) is 11.5 Å². The van der Waals surface area contributed by atoms with E-state index < -0.39 is 6.04 Å². The highest BCUT2D eigenvalue weighted by molar-refractivity contribution is 5.87. The molecule has 29 heavy (non-hydrogen) atoms. The second-order valence-corrected chi connectivity index (χ2v) is 8.21. The van der Waals surface area contributed by atoms with Crippen molar-refractivity contribution in [3.8, 4) is 11.5 Å². The minimum absolute atomic E-state index is 0.0226. The van der Waals surface area contributed by atoms with Crippen molar-refractivity contribution >= 4 is 11.8 Å². The second-order valence-electron chi connectivity index (χ2n) is 8.21. The van der Waals surface area contributed by atoms with Crippen LogP contribution in [0.2, 0.25) is 0 Å². The summed E-state index contributed by atoms with van der Waals surface area (Å²) >= 11 is 0. The number of ether oxygens (including phenoxy) is 2. The molecule has 1 aromatic rings. The van der Waals surface area contributed by atoms with E-state index in [1.165, 1.54) is 25.7 Å². The van der Waals surface area contributed by atoms with E-state index in [-0.39, 0.29) is 17.7 Å². The lowest BCUT2D eigenvalue weighted by Gasteiger charge is -2.22. The van der Waals surface area contributed by atoms with Crippen molar-refractivity contribution in [2.24, 2.45) is 11.8 Å². The van der Waals surface area contributed by atoms with Crippen molar-refractivity contribution in [2.75, 3.05) is 20.8 Å². The Morgan fingerprint density at radius 1 is 1.10 bits per heavy atom. The van der Waals surface area contributed by atoms with Crippen LogP contribution < -0.4 is 20.1 Å². The number of rotatable bonds is 11. The zero-order valence-corrected chi connectivity index (χ0v) is 18.3. The largest absolute Gasteiger partial charge is 0.493 e. The maximum Gasteiger partial charge on any atom is 0.242 e. The van der Waals surface area contributed by atoms with E-state index in [9.17, 15) is 9.59 Å². The van der Waals surface area contributed by atoms with E-state index in [0.717, 1.165) is 12.0 Å². The van der Waals surface area contributed by atoms with E-state index in [2.05, 4.69) is 10.6 Å². The minimum atomic E-state index is -0.503. The van der Waals surface area contributed by atoms with E-state index in [4.69, 9.17) is 9.47 Å². The summed E-state index contributed by atoms with van der Waals surface area (Å²) < 4.78 is 10.6. The normalized spacial score (nSPS) is 15.2. The Bertz CT molecular complexity index is 669. The maximum atomic E-state index is 12.6. The summed E-state index contributed by atoms with van der Waals surface area (Å²) in [5.41, 5.74) is 1.05. The van der Waals surface area contributed by atoms with Crippen LogP contribution in [0.4, 0.5) is 0 Å². The van der Waals surface area contributed by atoms with Crippen LogP contribution in [-0.4, -0.2) is 38.6 Å². The van der Waals surface area contributed by atoms with E-state index in [1.807, 2.05) is 32.0 Å². The van der Waals surface area contributed by atoms with Gasteiger partial charge in [-0.15, -0.1) is 0 Å². The third-order valence-electron chi connectivity index (χ3n) is 5.68. The third-order valence-corrected chi connectivity index (χ3v) is 5.68. The van der Waals surface area contributed by atoms with E-state index in [0.29, 0.717) is 36.8 Å². The number of amides is 2. The first-order chi connectivity index (χ1) is 13.9. The molecule has 1 unspecified atom stereocenters. The Balaban J connectivity index is 1.80. The van der Waals surface area contributed by atoms with Crippen molar-refractivity contribution in [1.82, 2.24) is 10.6 Å². The first kappa shape index (κ1) is 23.0. The monoisotopic (exact) mass is 404 g/mol. The van der Waals surface area contributed by atoms with Crippen molar-refractivity contribution in [1.29, 1.82) is 0 Å². The minimum Gasteiger partial charge on any atom is -0.493 e. The fourth-order valence-corrected chi connectivity index (χ4v) is 3.89. The summed E-state index contributed by atoms with van der Waals surface area (Å²) in [4.78, 5) is 25.0. The highest BCUT2D eigenvalue weighted by Gasteiger charge is 2.24. The molecular weight excluding hydrogens is 368 g/mol. The Kier molecular flexibility index (Phi) is 9.29. The third kappa shape index (κ3) is 7.26. The fraction of sp³-hybridized carbons (Fsp3) is 0.652. The Morgan fingerprint density at radius 3 is 2.41 bits per heavy atom. The first-order valence-corrected chi connectivity index (χ1v) is 10.7. The van der Waals surface area contributed by atoms with Gasteiger partial charge in [0.2, 0.25) is 11.8 Å². The lowest BCUT2D eigenvalue weighted by atomic mass is 10.00. The SMILES string of the molecule is COc1ccc(CCNC(=O)C(NC(=O)CCC2CCCC2)C(C)C)cc1OC. The molecule has 0 saturated heterocycles. The van der Waals surface area contributed by atoms with Gasteiger partial charge in [-0.2, -0.15) is 0 Å². The van der Waals surface area contributed by atoms with Gasteiger partial charge in [-0.25, -0.2) is 0 Å². The van der Waals surface area contributed by atoms with Crippen LogP contribution in [-0.2, 0) is 16.0 Å². The predicted molar refractivity (Wildman–Crippen MR) is 114 cm³/mol. The highest BCUT2D eigenvalue weighted by atomic mass is 16.5. The second kappa shape index (κ2) is 11.7. The molecule has 2 amide bonds. The van der Waals surface area contributed by atoms with Crippen LogP contribution in [0.3, 0.4) is 0 Å². The van der Waals surface area contributed by atoms with Crippen molar-refractivity contribution < 1.29 is 19.1 Å². The summed E-state index contributed by atoms with van der Waals surface area (Å²) in [6.45, 7) is 4.40. The lowest BCUT2D eigenvalue weighted by molar-refractivity contribution is -0.130. The molecule has 0 aromatic heterocycles. The van der Waals surface area contributed by atoms with Gasteiger partial charge in [-0.05, 0) is 42.4 Å². The summed E-state index contributed by atoms with van der Waals surface area (Å²) in [5.74, 6) is 1.91. The quantitative estimate of drug-likeness (QED) is 0.592. The smallest absolute Gasteiger partial charge is 0.242 e. The highest BCUT2D eigenvalue weighted by Crippen LogP contribution is 2.29. The molecule has 2 N–H and O–H groups in total. The van der Waals surface area contributed by atoms with E-state index in [1.54, 1.807) is 14.2 Å². The zero-order valence-electron chi connectivity index (χ0n) is 18.3. The molecule has 0 heterocycles. The predicted octanol–water partition coefficient (Wildman–Crippen LogP) is 3.47. The molecule has 2 rings (SSSR count). The van der Waals surface area contributed by atoms with Gasteiger partial charge in [-0.1, -0.05) is 45.6 Å². The van der Waals surface area contributed by atoms with Gasteiger partial charge in [0.05, 0.1) is 14.2 Å². The maximum absolute atomic E-state index is 12.6. The standard InChI is InChI=1S/C23H36N2O4/c1-16(2)22(25-21(26)12-10-17-7-5-6-8-17)23(27)24-14-13-18-9-11-19(28-3)20(15-18)29-4/h9,11,15-17,22H,5-8,10,12-14H2,1-4H3,(H,24,27)(H,25,26). The van der Waals surface area contributed by atoms with Crippen LogP contribution in [0.1, 0.15) is 57.9 Å².